The van der Waals surface area contributed by atoms with E-state index in [-0.39, 0.29) is 5.91 Å². The van der Waals surface area contributed by atoms with E-state index < -0.39 is 6.10 Å². The van der Waals surface area contributed by atoms with E-state index in [0.29, 0.717) is 13.0 Å². The Morgan fingerprint density at radius 3 is 2.48 bits per heavy atom. The van der Waals surface area contributed by atoms with E-state index in [0.717, 1.165) is 55.3 Å². The van der Waals surface area contributed by atoms with Crippen LogP contribution in [0.3, 0.4) is 0 Å². The van der Waals surface area contributed by atoms with Crippen LogP contribution < -0.4 is 10.1 Å². The second kappa shape index (κ2) is 10.4. The first-order chi connectivity index (χ1) is 14.0. The van der Waals surface area contributed by atoms with Gasteiger partial charge in [-0.2, -0.15) is 0 Å². The molecule has 2 aromatic rings. The molecule has 2 aromatic carbocycles. The zero-order chi connectivity index (χ0) is 20.6. The Kier molecular flexibility index (Phi) is 7.67. The number of morpholine rings is 1. The molecule has 1 heterocycles. The van der Waals surface area contributed by atoms with Crippen molar-refractivity contribution in [3.8, 4) is 5.75 Å². The van der Waals surface area contributed by atoms with Crippen molar-refractivity contribution in [2.24, 2.45) is 0 Å². The van der Waals surface area contributed by atoms with Crippen LogP contribution in [0.25, 0.3) is 0 Å². The zero-order valence-electron chi connectivity index (χ0n) is 17.7. The van der Waals surface area contributed by atoms with Crippen molar-refractivity contribution in [2.45, 2.75) is 46.4 Å². The summed E-state index contributed by atoms with van der Waals surface area (Å²) in [5.41, 5.74) is 4.54. The van der Waals surface area contributed by atoms with Gasteiger partial charge < -0.3 is 14.8 Å². The number of benzene rings is 2. The standard InChI is InChI=1S/C24H32N2O3/c1-4-22(29-23-15-18(2)5-6-19(23)3)24(27)25-16-20-7-9-21(10-8-20)17-26-11-13-28-14-12-26/h5-10,15,22H,4,11-14,16-17H2,1-3H3,(H,25,27). The third-order valence-electron chi connectivity index (χ3n) is 5.28. The number of hydrogen-bond acceptors (Lipinski definition) is 4. The third-order valence-corrected chi connectivity index (χ3v) is 5.28. The Hall–Kier alpha value is -2.37. The quantitative estimate of drug-likeness (QED) is 0.741. The summed E-state index contributed by atoms with van der Waals surface area (Å²) in [6.07, 6.45) is 0.133. The highest BCUT2D eigenvalue weighted by Crippen LogP contribution is 2.21. The van der Waals surface area contributed by atoms with Gasteiger partial charge in [0, 0.05) is 26.2 Å². The Morgan fingerprint density at radius 1 is 1.10 bits per heavy atom. The number of aryl methyl sites for hydroxylation is 2. The molecule has 3 rings (SSSR count). The fourth-order valence-electron chi connectivity index (χ4n) is 3.39. The molecule has 0 aromatic heterocycles. The maximum atomic E-state index is 12.6. The molecular formula is C24H32N2O3. The monoisotopic (exact) mass is 396 g/mol. The summed E-state index contributed by atoms with van der Waals surface area (Å²) in [4.78, 5) is 15.0. The number of nitrogens with zero attached hydrogens (tertiary/aromatic N) is 1. The first-order valence-electron chi connectivity index (χ1n) is 10.4. The number of carbonyl (C=O) groups is 1. The second-order valence-corrected chi connectivity index (χ2v) is 7.71. The summed E-state index contributed by atoms with van der Waals surface area (Å²) >= 11 is 0. The smallest absolute Gasteiger partial charge is 0.261 e. The molecule has 29 heavy (non-hydrogen) atoms. The zero-order valence-corrected chi connectivity index (χ0v) is 17.7. The molecule has 1 aliphatic heterocycles. The SMILES string of the molecule is CCC(Oc1cc(C)ccc1C)C(=O)NCc1ccc(CN2CCOCC2)cc1. The molecule has 0 spiro atoms. The normalized spacial score (nSPS) is 15.7. The Morgan fingerprint density at radius 2 is 1.79 bits per heavy atom. The van der Waals surface area contributed by atoms with E-state index in [1.807, 2.05) is 39.0 Å². The minimum atomic E-state index is -0.490. The topological polar surface area (TPSA) is 50.8 Å². The molecule has 0 radical (unpaired) electrons. The van der Waals surface area contributed by atoms with Crippen molar-refractivity contribution in [1.82, 2.24) is 10.2 Å². The lowest BCUT2D eigenvalue weighted by Gasteiger charge is -2.26. The van der Waals surface area contributed by atoms with Crippen LogP contribution in [-0.2, 0) is 22.6 Å². The van der Waals surface area contributed by atoms with Gasteiger partial charge in [0.2, 0.25) is 0 Å². The average molecular weight is 397 g/mol. The van der Waals surface area contributed by atoms with Crippen LogP contribution in [0.4, 0.5) is 0 Å². The number of amides is 1. The molecule has 156 valence electrons. The fourth-order valence-corrected chi connectivity index (χ4v) is 3.39. The van der Waals surface area contributed by atoms with Crippen molar-refractivity contribution < 1.29 is 14.3 Å². The molecule has 0 aliphatic carbocycles. The molecule has 0 saturated carbocycles. The molecule has 1 fully saturated rings. The number of rotatable bonds is 8. The largest absolute Gasteiger partial charge is 0.480 e. The first kappa shape index (κ1) is 21.3. The minimum absolute atomic E-state index is 0.0780. The molecule has 1 saturated heterocycles. The van der Waals surface area contributed by atoms with Crippen molar-refractivity contribution in [3.63, 3.8) is 0 Å². The Bertz CT molecular complexity index is 798. The van der Waals surface area contributed by atoms with Crippen molar-refractivity contribution in [3.05, 3.63) is 64.7 Å². The minimum Gasteiger partial charge on any atom is -0.480 e. The molecule has 1 atom stereocenters. The predicted octanol–water partition coefficient (Wildman–Crippen LogP) is 3.61. The Balaban J connectivity index is 1.51. The summed E-state index contributed by atoms with van der Waals surface area (Å²) in [6.45, 7) is 11.0. The molecule has 1 unspecified atom stereocenters. The van der Waals surface area contributed by atoms with Gasteiger partial charge in [0.05, 0.1) is 13.2 Å². The summed E-state index contributed by atoms with van der Waals surface area (Å²) in [5, 5.41) is 3.01. The van der Waals surface area contributed by atoms with Crippen LogP contribution in [0.5, 0.6) is 5.75 Å². The van der Waals surface area contributed by atoms with Gasteiger partial charge in [-0.15, -0.1) is 0 Å². The highest BCUT2D eigenvalue weighted by atomic mass is 16.5. The molecule has 5 nitrogen and oxygen atoms in total. The highest BCUT2D eigenvalue weighted by molar-refractivity contribution is 5.81. The summed E-state index contributed by atoms with van der Waals surface area (Å²) in [6, 6.07) is 14.5. The van der Waals surface area contributed by atoms with Crippen LogP contribution in [-0.4, -0.2) is 43.2 Å². The maximum Gasteiger partial charge on any atom is 0.261 e. The van der Waals surface area contributed by atoms with Crippen LogP contribution in [0.1, 0.15) is 35.6 Å². The van der Waals surface area contributed by atoms with Crippen LogP contribution >= 0.6 is 0 Å². The molecule has 0 bridgehead atoms. The van der Waals surface area contributed by atoms with Gasteiger partial charge in [0.1, 0.15) is 5.75 Å². The third kappa shape index (κ3) is 6.31. The van der Waals surface area contributed by atoms with Gasteiger partial charge in [-0.25, -0.2) is 0 Å². The molecule has 1 aliphatic rings. The van der Waals surface area contributed by atoms with Gasteiger partial charge in [0.15, 0.2) is 6.10 Å². The summed E-state index contributed by atoms with van der Waals surface area (Å²) in [7, 11) is 0. The number of ether oxygens (including phenoxy) is 2. The van der Waals surface area contributed by atoms with E-state index in [1.54, 1.807) is 0 Å². The lowest BCUT2D eigenvalue weighted by atomic mass is 10.1. The number of carbonyl (C=O) groups excluding carboxylic acids is 1. The molecule has 1 amide bonds. The molecule has 1 N–H and O–H groups in total. The molecule has 5 heteroatoms. The van der Waals surface area contributed by atoms with Crippen molar-refractivity contribution in [1.29, 1.82) is 0 Å². The lowest BCUT2D eigenvalue weighted by molar-refractivity contribution is -0.128. The predicted molar refractivity (Wildman–Crippen MR) is 115 cm³/mol. The second-order valence-electron chi connectivity index (χ2n) is 7.71. The van der Waals surface area contributed by atoms with E-state index in [4.69, 9.17) is 9.47 Å². The van der Waals surface area contributed by atoms with Gasteiger partial charge in [-0.1, -0.05) is 43.3 Å². The van der Waals surface area contributed by atoms with E-state index >= 15 is 0 Å². The van der Waals surface area contributed by atoms with E-state index in [9.17, 15) is 4.79 Å². The van der Waals surface area contributed by atoms with Crippen molar-refractivity contribution in [2.75, 3.05) is 26.3 Å². The summed E-state index contributed by atoms with van der Waals surface area (Å²) in [5.74, 6) is 0.699. The average Bonchev–Trinajstić information content (AvgIpc) is 2.74. The van der Waals surface area contributed by atoms with Crippen LogP contribution in [0, 0.1) is 13.8 Å². The highest BCUT2D eigenvalue weighted by Gasteiger charge is 2.19. The van der Waals surface area contributed by atoms with Gasteiger partial charge in [0.25, 0.3) is 5.91 Å². The lowest BCUT2D eigenvalue weighted by Crippen LogP contribution is -2.37. The van der Waals surface area contributed by atoms with Crippen LogP contribution in [0.15, 0.2) is 42.5 Å². The van der Waals surface area contributed by atoms with Gasteiger partial charge in [-0.3, -0.25) is 9.69 Å². The number of hydrogen-bond donors (Lipinski definition) is 1. The molecular weight excluding hydrogens is 364 g/mol. The fraction of sp³-hybridized carbons (Fsp3) is 0.458. The number of nitrogens with one attached hydrogen (secondary N) is 1. The van der Waals surface area contributed by atoms with Gasteiger partial charge >= 0.3 is 0 Å². The Labute approximate surface area is 174 Å². The van der Waals surface area contributed by atoms with E-state index in [2.05, 4.69) is 34.5 Å². The first-order valence-corrected chi connectivity index (χ1v) is 10.4. The maximum absolute atomic E-state index is 12.6. The van der Waals surface area contributed by atoms with Crippen LogP contribution in [0.2, 0.25) is 0 Å². The van der Waals surface area contributed by atoms with E-state index in [1.165, 1.54) is 5.56 Å². The summed E-state index contributed by atoms with van der Waals surface area (Å²) < 4.78 is 11.4. The van der Waals surface area contributed by atoms with Gasteiger partial charge in [-0.05, 0) is 48.6 Å². The van der Waals surface area contributed by atoms with Crippen molar-refractivity contribution >= 4 is 5.91 Å².